The third-order valence-electron chi connectivity index (χ3n) is 3.82. The standard InChI is InChI=1S/C18H18FN3O2/c1-2-11-21-15-9-5-6-10-16(15)22(18(21)24)12-17(23)20-14-8-4-3-7-13(14)19/h3-10H,2,11-12H2,1H3,(H,20,23). The SMILES string of the molecule is CCCn1c(=O)n(CC(=O)Nc2ccccc2F)c2ccccc21. The number of nitrogens with one attached hydrogen (secondary N) is 1. The highest BCUT2D eigenvalue weighted by Gasteiger charge is 2.15. The van der Waals surface area contributed by atoms with Crippen LogP contribution in [0.4, 0.5) is 10.1 Å². The number of carbonyl (C=O) groups is 1. The largest absolute Gasteiger partial charge is 0.329 e. The maximum Gasteiger partial charge on any atom is 0.329 e. The van der Waals surface area contributed by atoms with Crippen molar-refractivity contribution in [1.82, 2.24) is 9.13 Å². The van der Waals surface area contributed by atoms with Gasteiger partial charge in [0.05, 0.1) is 16.7 Å². The van der Waals surface area contributed by atoms with Crippen molar-refractivity contribution in [3.05, 3.63) is 64.8 Å². The van der Waals surface area contributed by atoms with Crippen LogP contribution < -0.4 is 11.0 Å². The van der Waals surface area contributed by atoms with E-state index in [0.29, 0.717) is 12.1 Å². The van der Waals surface area contributed by atoms with Crippen LogP contribution in [0.2, 0.25) is 0 Å². The van der Waals surface area contributed by atoms with Gasteiger partial charge in [-0.15, -0.1) is 0 Å². The van der Waals surface area contributed by atoms with Crippen LogP contribution in [0.1, 0.15) is 13.3 Å². The van der Waals surface area contributed by atoms with Crippen molar-refractivity contribution in [3.63, 3.8) is 0 Å². The molecule has 1 N–H and O–H groups in total. The Hall–Kier alpha value is -2.89. The van der Waals surface area contributed by atoms with E-state index in [0.717, 1.165) is 11.9 Å². The molecule has 0 unspecified atom stereocenters. The van der Waals surface area contributed by atoms with Crippen molar-refractivity contribution < 1.29 is 9.18 Å². The molecule has 2 aromatic carbocycles. The molecule has 0 saturated carbocycles. The van der Waals surface area contributed by atoms with Crippen LogP contribution in [0.15, 0.2) is 53.3 Å². The second-order valence-electron chi connectivity index (χ2n) is 5.54. The fourth-order valence-corrected chi connectivity index (χ4v) is 2.76. The number of benzene rings is 2. The predicted molar refractivity (Wildman–Crippen MR) is 91.5 cm³/mol. The number of anilines is 1. The van der Waals surface area contributed by atoms with Crippen LogP contribution in [0.5, 0.6) is 0 Å². The zero-order valence-corrected chi connectivity index (χ0v) is 13.3. The van der Waals surface area contributed by atoms with Gasteiger partial charge in [-0.25, -0.2) is 9.18 Å². The van der Waals surface area contributed by atoms with Crippen LogP contribution in [0.3, 0.4) is 0 Å². The first-order chi connectivity index (χ1) is 11.6. The van der Waals surface area contributed by atoms with Gasteiger partial charge in [0.2, 0.25) is 5.91 Å². The van der Waals surface area contributed by atoms with Crippen molar-refractivity contribution in [2.45, 2.75) is 26.4 Å². The summed E-state index contributed by atoms with van der Waals surface area (Å²) < 4.78 is 16.7. The number of nitrogens with zero attached hydrogens (tertiary/aromatic N) is 2. The Morgan fingerprint density at radius 2 is 1.67 bits per heavy atom. The molecule has 124 valence electrons. The van der Waals surface area contributed by atoms with Gasteiger partial charge in [-0.3, -0.25) is 13.9 Å². The second-order valence-corrected chi connectivity index (χ2v) is 5.54. The molecule has 0 spiro atoms. The van der Waals surface area contributed by atoms with Gasteiger partial charge in [0.15, 0.2) is 0 Å². The smallest absolute Gasteiger partial charge is 0.322 e. The van der Waals surface area contributed by atoms with Crippen LogP contribution in [-0.4, -0.2) is 15.0 Å². The van der Waals surface area contributed by atoms with E-state index < -0.39 is 11.7 Å². The number of hydrogen-bond acceptors (Lipinski definition) is 2. The van der Waals surface area contributed by atoms with E-state index >= 15 is 0 Å². The Morgan fingerprint density at radius 3 is 2.33 bits per heavy atom. The van der Waals surface area contributed by atoms with Gasteiger partial charge in [0, 0.05) is 6.54 Å². The Bertz CT molecular complexity index is 943. The lowest BCUT2D eigenvalue weighted by Gasteiger charge is -2.07. The Morgan fingerprint density at radius 1 is 1.04 bits per heavy atom. The molecule has 0 aliphatic heterocycles. The Balaban J connectivity index is 1.93. The average molecular weight is 327 g/mol. The number of amides is 1. The van der Waals surface area contributed by atoms with Crippen LogP contribution >= 0.6 is 0 Å². The van der Waals surface area contributed by atoms with Gasteiger partial charge >= 0.3 is 5.69 Å². The summed E-state index contributed by atoms with van der Waals surface area (Å²) in [6.07, 6.45) is 0.815. The lowest BCUT2D eigenvalue weighted by Crippen LogP contribution is -2.29. The van der Waals surface area contributed by atoms with Crippen molar-refractivity contribution >= 4 is 22.6 Å². The van der Waals surface area contributed by atoms with E-state index in [1.54, 1.807) is 22.8 Å². The molecular weight excluding hydrogens is 309 g/mol. The third-order valence-corrected chi connectivity index (χ3v) is 3.82. The number of imidazole rings is 1. The molecule has 3 aromatic rings. The molecular formula is C18H18FN3O2. The van der Waals surface area contributed by atoms with E-state index in [9.17, 15) is 14.0 Å². The summed E-state index contributed by atoms with van der Waals surface area (Å²) in [5.74, 6) is -0.951. The number of para-hydroxylation sites is 3. The van der Waals surface area contributed by atoms with Gasteiger partial charge in [-0.2, -0.15) is 0 Å². The van der Waals surface area contributed by atoms with Crippen LogP contribution in [0, 0.1) is 5.82 Å². The normalized spacial score (nSPS) is 10.9. The predicted octanol–water partition coefficient (Wildman–Crippen LogP) is 2.99. The monoisotopic (exact) mass is 327 g/mol. The summed E-state index contributed by atoms with van der Waals surface area (Å²) in [6.45, 7) is 2.41. The quantitative estimate of drug-likeness (QED) is 0.783. The molecule has 5 nitrogen and oxygen atoms in total. The lowest BCUT2D eigenvalue weighted by atomic mass is 10.3. The zero-order chi connectivity index (χ0) is 17.1. The highest BCUT2D eigenvalue weighted by atomic mass is 19.1. The minimum absolute atomic E-state index is 0.104. The third kappa shape index (κ3) is 2.95. The van der Waals surface area contributed by atoms with Gasteiger partial charge in [0.25, 0.3) is 0 Å². The first-order valence-corrected chi connectivity index (χ1v) is 7.84. The van der Waals surface area contributed by atoms with Gasteiger partial charge < -0.3 is 5.32 Å². The molecule has 1 heterocycles. The molecule has 0 saturated heterocycles. The highest BCUT2D eigenvalue weighted by molar-refractivity contribution is 5.91. The van der Waals surface area contributed by atoms with Crippen molar-refractivity contribution in [1.29, 1.82) is 0 Å². The molecule has 0 aliphatic carbocycles. The minimum Gasteiger partial charge on any atom is -0.322 e. The molecule has 24 heavy (non-hydrogen) atoms. The number of aromatic nitrogens is 2. The van der Waals surface area contributed by atoms with Crippen LogP contribution in [-0.2, 0) is 17.9 Å². The number of rotatable bonds is 5. The van der Waals surface area contributed by atoms with E-state index in [-0.39, 0.29) is 17.9 Å². The molecule has 0 bridgehead atoms. The lowest BCUT2D eigenvalue weighted by molar-refractivity contribution is -0.116. The van der Waals surface area contributed by atoms with E-state index in [2.05, 4.69) is 5.32 Å². The molecule has 0 atom stereocenters. The van der Waals surface area contributed by atoms with Gasteiger partial charge in [-0.1, -0.05) is 31.2 Å². The molecule has 0 radical (unpaired) electrons. The molecule has 6 heteroatoms. The Kier molecular flexibility index (Phi) is 4.46. The zero-order valence-electron chi connectivity index (χ0n) is 13.3. The minimum atomic E-state index is -0.508. The summed E-state index contributed by atoms with van der Waals surface area (Å²) >= 11 is 0. The highest BCUT2D eigenvalue weighted by Crippen LogP contribution is 2.15. The number of fused-ring (bicyclic) bond motifs is 1. The second kappa shape index (κ2) is 6.70. The topological polar surface area (TPSA) is 56.0 Å². The van der Waals surface area contributed by atoms with E-state index in [1.807, 2.05) is 25.1 Å². The van der Waals surface area contributed by atoms with Crippen molar-refractivity contribution in [3.8, 4) is 0 Å². The summed E-state index contributed by atoms with van der Waals surface area (Å²) in [4.78, 5) is 24.9. The maximum absolute atomic E-state index is 13.6. The number of halogens is 1. The first kappa shape index (κ1) is 16.0. The average Bonchev–Trinajstić information content (AvgIpc) is 2.83. The van der Waals surface area contributed by atoms with Crippen LogP contribution in [0.25, 0.3) is 11.0 Å². The van der Waals surface area contributed by atoms with Gasteiger partial charge in [0.1, 0.15) is 12.4 Å². The van der Waals surface area contributed by atoms with E-state index in [4.69, 9.17) is 0 Å². The first-order valence-electron chi connectivity index (χ1n) is 7.84. The summed E-state index contributed by atoms with van der Waals surface area (Å²) in [5, 5.41) is 2.51. The fourth-order valence-electron chi connectivity index (χ4n) is 2.76. The van der Waals surface area contributed by atoms with E-state index in [1.165, 1.54) is 16.7 Å². The fraction of sp³-hybridized carbons (Fsp3) is 0.222. The summed E-state index contributed by atoms with van der Waals surface area (Å²) in [5.41, 5.74) is 1.36. The van der Waals surface area contributed by atoms with Gasteiger partial charge in [-0.05, 0) is 30.7 Å². The summed E-state index contributed by atoms with van der Waals surface area (Å²) in [6, 6.07) is 13.3. The molecule has 1 amide bonds. The maximum atomic E-state index is 13.6. The molecule has 3 rings (SSSR count). The number of carbonyl (C=O) groups excluding carboxylic acids is 1. The Labute approximate surface area is 138 Å². The van der Waals surface area contributed by atoms with Crippen molar-refractivity contribution in [2.24, 2.45) is 0 Å². The van der Waals surface area contributed by atoms with Crippen molar-refractivity contribution in [2.75, 3.05) is 5.32 Å². The molecule has 0 aliphatic rings. The number of aryl methyl sites for hydroxylation is 1. The molecule has 0 fully saturated rings. The number of hydrogen-bond donors (Lipinski definition) is 1. The molecule has 1 aromatic heterocycles. The summed E-state index contributed by atoms with van der Waals surface area (Å²) in [7, 11) is 0.